The Kier molecular flexibility index (Phi) is 4.29. The molecular formula is C6H15ClN-. The minimum Gasteiger partial charge on any atom is -1.00 e. The van der Waals surface area contributed by atoms with Gasteiger partial charge in [-0.15, -0.1) is 0 Å². The Labute approximate surface area is 59.0 Å². The SMILES string of the molecule is CCN1CCCC1.[Cl-].[HH]. The Morgan fingerprint density at radius 3 is 2.12 bits per heavy atom. The molecule has 0 saturated carbocycles. The van der Waals surface area contributed by atoms with Crippen molar-refractivity contribution in [2.75, 3.05) is 19.6 Å². The highest BCUT2D eigenvalue weighted by Crippen LogP contribution is 2.04. The molecule has 0 N–H and O–H groups in total. The normalized spacial score (nSPS) is 20.6. The van der Waals surface area contributed by atoms with Gasteiger partial charge >= 0.3 is 0 Å². The second-order valence-electron chi connectivity index (χ2n) is 2.14. The van der Waals surface area contributed by atoms with Crippen molar-refractivity contribution in [3.05, 3.63) is 0 Å². The van der Waals surface area contributed by atoms with Crippen LogP contribution in [0.1, 0.15) is 21.2 Å². The second-order valence-corrected chi connectivity index (χ2v) is 2.14. The van der Waals surface area contributed by atoms with Crippen LogP contribution in [0.4, 0.5) is 0 Å². The van der Waals surface area contributed by atoms with Crippen LogP contribution in [0, 0.1) is 0 Å². The van der Waals surface area contributed by atoms with E-state index in [4.69, 9.17) is 0 Å². The van der Waals surface area contributed by atoms with Crippen molar-refractivity contribution in [3.63, 3.8) is 0 Å². The Bertz CT molecular complexity index is 55.0. The molecule has 0 aromatic rings. The minimum atomic E-state index is 0. The van der Waals surface area contributed by atoms with Gasteiger partial charge in [0, 0.05) is 1.43 Å². The highest BCUT2D eigenvalue weighted by Gasteiger charge is 2.06. The molecule has 1 rings (SSSR count). The molecule has 1 heterocycles. The van der Waals surface area contributed by atoms with E-state index < -0.39 is 0 Å². The van der Waals surface area contributed by atoms with Crippen LogP contribution >= 0.6 is 0 Å². The molecule has 0 aromatic heterocycles. The molecule has 1 aliphatic rings. The van der Waals surface area contributed by atoms with Gasteiger partial charge in [-0.2, -0.15) is 0 Å². The Morgan fingerprint density at radius 1 is 1.38 bits per heavy atom. The largest absolute Gasteiger partial charge is 1.00 e. The van der Waals surface area contributed by atoms with Gasteiger partial charge in [-0.05, 0) is 32.5 Å². The summed E-state index contributed by atoms with van der Waals surface area (Å²) in [5.74, 6) is 0. The summed E-state index contributed by atoms with van der Waals surface area (Å²) in [7, 11) is 0. The number of hydrogen-bond acceptors (Lipinski definition) is 1. The summed E-state index contributed by atoms with van der Waals surface area (Å²) >= 11 is 0. The van der Waals surface area contributed by atoms with Crippen LogP contribution in [0.15, 0.2) is 0 Å². The lowest BCUT2D eigenvalue weighted by atomic mass is 10.4. The van der Waals surface area contributed by atoms with Crippen molar-refractivity contribution in [1.29, 1.82) is 0 Å². The van der Waals surface area contributed by atoms with Gasteiger partial charge in [0.15, 0.2) is 0 Å². The molecule has 0 atom stereocenters. The van der Waals surface area contributed by atoms with Gasteiger partial charge in [-0.3, -0.25) is 0 Å². The van der Waals surface area contributed by atoms with E-state index in [-0.39, 0.29) is 13.8 Å². The Morgan fingerprint density at radius 2 is 1.88 bits per heavy atom. The van der Waals surface area contributed by atoms with Gasteiger partial charge in [-0.1, -0.05) is 6.92 Å². The van der Waals surface area contributed by atoms with Crippen LogP contribution in [-0.2, 0) is 0 Å². The highest BCUT2D eigenvalue weighted by atomic mass is 35.5. The summed E-state index contributed by atoms with van der Waals surface area (Å²) in [6.07, 6.45) is 2.85. The first-order valence-corrected chi connectivity index (χ1v) is 3.16. The lowest BCUT2D eigenvalue weighted by Gasteiger charge is -2.08. The molecule has 0 aromatic carbocycles. The van der Waals surface area contributed by atoms with E-state index in [1.54, 1.807) is 0 Å². The van der Waals surface area contributed by atoms with Crippen molar-refractivity contribution < 1.29 is 13.8 Å². The fourth-order valence-corrected chi connectivity index (χ4v) is 1.10. The number of nitrogens with zero attached hydrogens (tertiary/aromatic N) is 1. The number of hydrogen-bond donors (Lipinski definition) is 0. The molecule has 0 aliphatic carbocycles. The summed E-state index contributed by atoms with van der Waals surface area (Å²) in [6, 6.07) is 0. The molecular weight excluding hydrogens is 122 g/mol. The maximum Gasteiger partial charge on any atom is 0 e. The smallest absolute Gasteiger partial charge is 0 e. The van der Waals surface area contributed by atoms with Crippen molar-refractivity contribution in [1.82, 2.24) is 4.90 Å². The molecule has 1 aliphatic heterocycles. The summed E-state index contributed by atoms with van der Waals surface area (Å²) < 4.78 is 0. The third-order valence-electron chi connectivity index (χ3n) is 1.65. The molecule has 1 saturated heterocycles. The van der Waals surface area contributed by atoms with Gasteiger partial charge in [0.05, 0.1) is 0 Å². The molecule has 1 fully saturated rings. The van der Waals surface area contributed by atoms with Crippen LogP contribution in [0.5, 0.6) is 0 Å². The average Bonchev–Trinajstić information content (AvgIpc) is 2.14. The molecule has 8 heavy (non-hydrogen) atoms. The zero-order valence-electron chi connectivity index (χ0n) is 5.36. The van der Waals surface area contributed by atoms with E-state index in [0.717, 1.165) is 0 Å². The zero-order chi connectivity index (χ0) is 5.11. The van der Waals surface area contributed by atoms with Gasteiger partial charge in [0.1, 0.15) is 0 Å². The molecule has 0 bridgehead atoms. The lowest BCUT2D eigenvalue weighted by Crippen LogP contribution is -3.00. The van der Waals surface area contributed by atoms with E-state index in [9.17, 15) is 0 Å². The standard InChI is InChI=1S/C6H13N.ClH.H2/c1-2-7-5-3-4-6-7;;/h2-6H2,1H3;2*1H/p-1. The average molecular weight is 137 g/mol. The quantitative estimate of drug-likeness (QED) is 0.418. The van der Waals surface area contributed by atoms with E-state index in [2.05, 4.69) is 11.8 Å². The van der Waals surface area contributed by atoms with Gasteiger partial charge < -0.3 is 17.3 Å². The van der Waals surface area contributed by atoms with Crippen LogP contribution in [0.25, 0.3) is 0 Å². The minimum absolute atomic E-state index is 0. The molecule has 1 nitrogen and oxygen atoms in total. The first-order chi connectivity index (χ1) is 3.43. The van der Waals surface area contributed by atoms with Gasteiger partial charge in [0.25, 0.3) is 0 Å². The van der Waals surface area contributed by atoms with Crippen molar-refractivity contribution in [3.8, 4) is 0 Å². The summed E-state index contributed by atoms with van der Waals surface area (Å²) in [5, 5.41) is 0. The predicted octanol–water partition coefficient (Wildman–Crippen LogP) is -1.65. The highest BCUT2D eigenvalue weighted by molar-refractivity contribution is 4.62. The predicted molar refractivity (Wildman–Crippen MR) is 33.5 cm³/mol. The topological polar surface area (TPSA) is 3.24 Å². The maximum atomic E-state index is 2.49. The van der Waals surface area contributed by atoms with Crippen molar-refractivity contribution in [2.45, 2.75) is 19.8 Å². The van der Waals surface area contributed by atoms with E-state index in [1.165, 1.54) is 32.5 Å². The van der Waals surface area contributed by atoms with Crippen LogP contribution in [-0.4, -0.2) is 24.5 Å². The summed E-state index contributed by atoms with van der Waals surface area (Å²) in [4.78, 5) is 2.49. The third-order valence-corrected chi connectivity index (χ3v) is 1.65. The Balaban J connectivity index is 0. The van der Waals surface area contributed by atoms with E-state index >= 15 is 0 Å². The third kappa shape index (κ3) is 2.01. The van der Waals surface area contributed by atoms with Crippen LogP contribution < -0.4 is 12.4 Å². The monoisotopic (exact) mass is 136 g/mol. The molecule has 52 valence electrons. The molecule has 0 unspecified atom stereocenters. The molecule has 0 spiro atoms. The fourth-order valence-electron chi connectivity index (χ4n) is 1.10. The number of halogens is 1. The second kappa shape index (κ2) is 4.16. The zero-order valence-corrected chi connectivity index (χ0v) is 6.12. The summed E-state index contributed by atoms with van der Waals surface area (Å²) in [6.45, 7) is 6.16. The number of likely N-dealkylation sites (tertiary alicyclic amines) is 1. The Hall–Kier alpha value is 0.250. The molecule has 2 heteroatoms. The first-order valence-electron chi connectivity index (χ1n) is 3.16. The van der Waals surface area contributed by atoms with Gasteiger partial charge in [-0.25, -0.2) is 0 Å². The lowest BCUT2D eigenvalue weighted by molar-refractivity contribution is -0.00000158. The maximum absolute atomic E-state index is 2.49. The fraction of sp³-hybridized carbons (Fsp3) is 1.00. The summed E-state index contributed by atoms with van der Waals surface area (Å²) in [5.41, 5.74) is 0. The van der Waals surface area contributed by atoms with Crippen molar-refractivity contribution in [2.24, 2.45) is 0 Å². The number of rotatable bonds is 1. The molecule has 0 amide bonds. The van der Waals surface area contributed by atoms with Crippen LogP contribution in [0.2, 0.25) is 0 Å². The van der Waals surface area contributed by atoms with E-state index in [1.807, 2.05) is 0 Å². The first kappa shape index (κ1) is 8.25. The van der Waals surface area contributed by atoms with Crippen LogP contribution in [0.3, 0.4) is 0 Å². The van der Waals surface area contributed by atoms with Gasteiger partial charge in [0.2, 0.25) is 0 Å². The van der Waals surface area contributed by atoms with E-state index in [0.29, 0.717) is 0 Å². The van der Waals surface area contributed by atoms with Crippen molar-refractivity contribution >= 4 is 0 Å². The molecule has 0 radical (unpaired) electrons.